The molecule has 1 aliphatic carbocycles. The Kier molecular flexibility index (Phi) is 5.27. The SMILES string of the molecule is COc1ccc([C@@H](NC(=O)c2cccc(OC)c2O)C2CC(O)C2)cn1. The van der Waals surface area contributed by atoms with Gasteiger partial charge in [0.1, 0.15) is 0 Å². The molecule has 7 heteroatoms. The van der Waals surface area contributed by atoms with Crippen LogP contribution in [0.2, 0.25) is 0 Å². The third-order valence-electron chi connectivity index (χ3n) is 4.70. The van der Waals surface area contributed by atoms with Crippen LogP contribution in [-0.4, -0.2) is 41.4 Å². The molecule has 1 aromatic heterocycles. The maximum atomic E-state index is 12.7. The number of hydrogen-bond acceptors (Lipinski definition) is 6. The Morgan fingerprint density at radius 1 is 1.23 bits per heavy atom. The Hall–Kier alpha value is -2.80. The number of nitrogens with one attached hydrogen (secondary N) is 1. The molecule has 3 rings (SSSR count). The van der Waals surface area contributed by atoms with Gasteiger partial charge in [-0.15, -0.1) is 0 Å². The van der Waals surface area contributed by atoms with Gasteiger partial charge in [-0.25, -0.2) is 4.98 Å². The quantitative estimate of drug-likeness (QED) is 0.731. The molecule has 1 atom stereocenters. The van der Waals surface area contributed by atoms with Crippen molar-refractivity contribution in [2.24, 2.45) is 5.92 Å². The molecule has 1 amide bonds. The van der Waals surface area contributed by atoms with Crippen molar-refractivity contribution in [3.63, 3.8) is 0 Å². The van der Waals surface area contributed by atoms with Crippen LogP contribution < -0.4 is 14.8 Å². The predicted octanol–water partition coefficient (Wildman–Crippen LogP) is 2.05. The van der Waals surface area contributed by atoms with Crippen LogP contribution in [0.5, 0.6) is 17.4 Å². The Bertz CT molecular complexity index is 772. The number of aliphatic hydroxyl groups excluding tert-OH is 1. The molecule has 0 aliphatic heterocycles. The van der Waals surface area contributed by atoms with Crippen LogP contribution in [0, 0.1) is 5.92 Å². The maximum absolute atomic E-state index is 12.7. The number of ether oxygens (including phenoxy) is 2. The Labute approximate surface area is 151 Å². The summed E-state index contributed by atoms with van der Waals surface area (Å²) in [5.74, 6) is 0.200. The molecular weight excluding hydrogens is 336 g/mol. The van der Waals surface area contributed by atoms with E-state index in [4.69, 9.17) is 9.47 Å². The van der Waals surface area contributed by atoms with Crippen molar-refractivity contribution in [3.05, 3.63) is 47.7 Å². The summed E-state index contributed by atoms with van der Waals surface area (Å²) in [5, 5.41) is 22.8. The molecule has 7 nitrogen and oxygen atoms in total. The minimum Gasteiger partial charge on any atom is -0.504 e. The fraction of sp³-hybridized carbons (Fsp3) is 0.368. The van der Waals surface area contributed by atoms with Gasteiger partial charge in [-0.2, -0.15) is 0 Å². The lowest BCUT2D eigenvalue weighted by molar-refractivity contribution is 0.0234. The first-order valence-corrected chi connectivity index (χ1v) is 8.38. The van der Waals surface area contributed by atoms with E-state index in [2.05, 4.69) is 10.3 Å². The van der Waals surface area contributed by atoms with Crippen LogP contribution in [-0.2, 0) is 0 Å². The van der Waals surface area contributed by atoms with E-state index in [1.807, 2.05) is 6.07 Å². The smallest absolute Gasteiger partial charge is 0.255 e. The second-order valence-electron chi connectivity index (χ2n) is 6.33. The second kappa shape index (κ2) is 7.61. The lowest BCUT2D eigenvalue weighted by Crippen LogP contribution is -2.41. The van der Waals surface area contributed by atoms with E-state index in [1.54, 1.807) is 24.4 Å². The summed E-state index contributed by atoms with van der Waals surface area (Å²) in [6.07, 6.45) is 2.50. The first kappa shape index (κ1) is 18.0. The van der Waals surface area contributed by atoms with Crippen molar-refractivity contribution < 1.29 is 24.5 Å². The molecule has 0 spiro atoms. The van der Waals surface area contributed by atoms with E-state index in [0.29, 0.717) is 18.7 Å². The molecule has 1 heterocycles. The largest absolute Gasteiger partial charge is 0.504 e. The molecule has 138 valence electrons. The zero-order chi connectivity index (χ0) is 18.7. The molecular formula is C19H22N2O5. The van der Waals surface area contributed by atoms with Gasteiger partial charge in [0.2, 0.25) is 5.88 Å². The number of methoxy groups -OCH3 is 2. The molecule has 0 saturated heterocycles. The number of aromatic nitrogens is 1. The fourth-order valence-electron chi connectivity index (χ4n) is 3.16. The zero-order valence-electron chi connectivity index (χ0n) is 14.7. The van der Waals surface area contributed by atoms with Gasteiger partial charge in [0.25, 0.3) is 5.91 Å². The van der Waals surface area contributed by atoms with Gasteiger partial charge in [-0.1, -0.05) is 12.1 Å². The molecule has 1 fully saturated rings. The molecule has 0 bridgehead atoms. The van der Waals surface area contributed by atoms with E-state index in [9.17, 15) is 15.0 Å². The van der Waals surface area contributed by atoms with Gasteiger partial charge < -0.3 is 25.0 Å². The van der Waals surface area contributed by atoms with Crippen LogP contribution in [0.3, 0.4) is 0 Å². The van der Waals surface area contributed by atoms with Crippen molar-refractivity contribution in [2.75, 3.05) is 14.2 Å². The van der Waals surface area contributed by atoms with Crippen LogP contribution in [0.1, 0.15) is 34.8 Å². The van der Waals surface area contributed by atoms with E-state index in [-0.39, 0.29) is 35.1 Å². The van der Waals surface area contributed by atoms with Gasteiger partial charge in [0, 0.05) is 12.3 Å². The van der Waals surface area contributed by atoms with Gasteiger partial charge in [-0.05, 0) is 36.5 Å². The number of pyridine rings is 1. The highest BCUT2D eigenvalue weighted by Gasteiger charge is 2.36. The number of amides is 1. The van der Waals surface area contributed by atoms with Crippen molar-refractivity contribution in [1.82, 2.24) is 10.3 Å². The number of rotatable bonds is 6. The van der Waals surface area contributed by atoms with E-state index >= 15 is 0 Å². The third-order valence-corrected chi connectivity index (χ3v) is 4.70. The van der Waals surface area contributed by atoms with Crippen LogP contribution in [0.25, 0.3) is 0 Å². The monoisotopic (exact) mass is 358 g/mol. The van der Waals surface area contributed by atoms with Crippen molar-refractivity contribution in [2.45, 2.75) is 25.0 Å². The highest BCUT2D eigenvalue weighted by atomic mass is 16.5. The van der Waals surface area contributed by atoms with Crippen LogP contribution in [0.4, 0.5) is 0 Å². The van der Waals surface area contributed by atoms with Crippen molar-refractivity contribution >= 4 is 5.91 Å². The summed E-state index contributed by atoms with van der Waals surface area (Å²) in [5.41, 5.74) is 0.953. The minimum atomic E-state index is -0.413. The number of hydrogen-bond donors (Lipinski definition) is 3. The number of carbonyl (C=O) groups excluding carboxylic acids is 1. The van der Waals surface area contributed by atoms with Crippen molar-refractivity contribution in [1.29, 1.82) is 0 Å². The molecule has 2 aromatic rings. The molecule has 3 N–H and O–H groups in total. The summed E-state index contributed by atoms with van der Waals surface area (Å²) >= 11 is 0. The van der Waals surface area contributed by atoms with Gasteiger partial charge >= 0.3 is 0 Å². The number of para-hydroxylation sites is 1. The number of phenols is 1. The normalized spacial score (nSPS) is 20.0. The Balaban J connectivity index is 1.84. The molecule has 1 aromatic carbocycles. The molecule has 0 radical (unpaired) electrons. The second-order valence-corrected chi connectivity index (χ2v) is 6.33. The summed E-state index contributed by atoms with van der Waals surface area (Å²) in [4.78, 5) is 16.9. The molecule has 1 aliphatic rings. The fourth-order valence-corrected chi connectivity index (χ4v) is 3.16. The standard InChI is InChI=1S/C19H22N2O5/c1-25-15-5-3-4-14(18(15)23)19(24)21-17(12-8-13(22)9-12)11-6-7-16(26-2)20-10-11/h3-7,10,12-13,17,22-23H,8-9H2,1-2H3,(H,21,24)/t12?,13?,17-/m1/s1. The first-order chi connectivity index (χ1) is 12.5. The van der Waals surface area contributed by atoms with Crippen molar-refractivity contribution in [3.8, 4) is 17.4 Å². The summed E-state index contributed by atoms with van der Waals surface area (Å²) in [6, 6.07) is 8.00. The average molecular weight is 358 g/mol. The van der Waals surface area contributed by atoms with Gasteiger partial charge in [-0.3, -0.25) is 4.79 Å². The Morgan fingerprint density at radius 2 is 2.00 bits per heavy atom. The minimum absolute atomic E-state index is 0.0943. The summed E-state index contributed by atoms with van der Waals surface area (Å²) in [7, 11) is 2.97. The number of aromatic hydroxyl groups is 1. The number of phenolic OH excluding ortho intramolecular Hbond substituents is 1. The number of carbonyl (C=O) groups is 1. The maximum Gasteiger partial charge on any atom is 0.255 e. The summed E-state index contributed by atoms with van der Waals surface area (Å²) < 4.78 is 10.1. The van der Waals surface area contributed by atoms with Crippen LogP contribution >= 0.6 is 0 Å². The lowest BCUT2D eigenvalue weighted by Gasteiger charge is -2.38. The average Bonchev–Trinajstić information content (AvgIpc) is 2.64. The topological polar surface area (TPSA) is 101 Å². The molecule has 1 saturated carbocycles. The predicted molar refractivity (Wildman–Crippen MR) is 94.4 cm³/mol. The number of benzene rings is 1. The zero-order valence-corrected chi connectivity index (χ0v) is 14.7. The highest BCUT2D eigenvalue weighted by Crippen LogP contribution is 2.39. The first-order valence-electron chi connectivity index (χ1n) is 8.38. The lowest BCUT2D eigenvalue weighted by atomic mass is 9.75. The van der Waals surface area contributed by atoms with Gasteiger partial charge in [0.05, 0.1) is 31.9 Å². The van der Waals surface area contributed by atoms with E-state index < -0.39 is 5.91 Å². The summed E-state index contributed by atoms with van der Waals surface area (Å²) in [6.45, 7) is 0. The van der Waals surface area contributed by atoms with Crippen LogP contribution in [0.15, 0.2) is 36.5 Å². The number of aliphatic hydroxyl groups is 1. The third kappa shape index (κ3) is 3.57. The Morgan fingerprint density at radius 3 is 2.58 bits per heavy atom. The van der Waals surface area contributed by atoms with E-state index in [0.717, 1.165) is 5.56 Å². The highest BCUT2D eigenvalue weighted by molar-refractivity contribution is 5.97. The molecule has 26 heavy (non-hydrogen) atoms. The number of nitrogens with zero attached hydrogens (tertiary/aromatic N) is 1. The van der Waals surface area contributed by atoms with E-state index in [1.165, 1.54) is 20.3 Å². The molecule has 0 unspecified atom stereocenters. The van der Waals surface area contributed by atoms with Gasteiger partial charge in [0.15, 0.2) is 11.5 Å².